The van der Waals surface area contributed by atoms with Gasteiger partial charge < -0.3 is 9.88 Å². The first-order chi connectivity index (χ1) is 9.65. The van der Waals surface area contributed by atoms with E-state index in [1.807, 2.05) is 0 Å². The second-order valence-electron chi connectivity index (χ2n) is 5.03. The number of nitrogens with one attached hydrogen (secondary N) is 1. The molecule has 20 heavy (non-hydrogen) atoms. The highest BCUT2D eigenvalue weighted by Gasteiger charge is 2.29. The van der Waals surface area contributed by atoms with Crippen molar-refractivity contribution in [2.45, 2.75) is 12.8 Å². The fourth-order valence-corrected chi connectivity index (χ4v) is 2.01. The SMILES string of the molecule is Cn1ccnc1C(=O)c1ccc(NC(=O)C2CC2)cc1. The van der Waals surface area contributed by atoms with Gasteiger partial charge in [-0.05, 0) is 37.1 Å². The van der Waals surface area contributed by atoms with E-state index in [9.17, 15) is 9.59 Å². The van der Waals surface area contributed by atoms with E-state index in [0.717, 1.165) is 18.5 Å². The zero-order chi connectivity index (χ0) is 14.1. The molecule has 0 unspecified atom stereocenters. The number of nitrogens with zero attached hydrogens (tertiary/aromatic N) is 2. The van der Waals surface area contributed by atoms with Crippen LogP contribution in [0.1, 0.15) is 29.0 Å². The lowest BCUT2D eigenvalue weighted by atomic mass is 10.1. The van der Waals surface area contributed by atoms with E-state index in [0.29, 0.717) is 11.4 Å². The summed E-state index contributed by atoms with van der Waals surface area (Å²) in [6, 6.07) is 6.91. The molecule has 5 heteroatoms. The van der Waals surface area contributed by atoms with Gasteiger partial charge in [0, 0.05) is 36.6 Å². The number of benzene rings is 1. The average molecular weight is 269 g/mol. The summed E-state index contributed by atoms with van der Waals surface area (Å²) in [6.45, 7) is 0. The van der Waals surface area contributed by atoms with Crippen LogP contribution in [0.5, 0.6) is 0 Å². The van der Waals surface area contributed by atoms with E-state index < -0.39 is 0 Å². The van der Waals surface area contributed by atoms with Crippen LogP contribution in [0.15, 0.2) is 36.7 Å². The Labute approximate surface area is 116 Å². The summed E-state index contributed by atoms with van der Waals surface area (Å²) in [5.41, 5.74) is 1.28. The molecule has 1 heterocycles. The van der Waals surface area contributed by atoms with Crippen molar-refractivity contribution in [2.75, 3.05) is 5.32 Å². The van der Waals surface area contributed by atoms with Gasteiger partial charge in [0.05, 0.1) is 0 Å². The normalized spacial score (nSPS) is 14.1. The van der Waals surface area contributed by atoms with E-state index in [1.165, 1.54) is 0 Å². The van der Waals surface area contributed by atoms with Gasteiger partial charge in [0.15, 0.2) is 5.82 Å². The van der Waals surface area contributed by atoms with Crippen LogP contribution in [0.2, 0.25) is 0 Å². The minimum Gasteiger partial charge on any atom is -0.331 e. The number of rotatable bonds is 4. The van der Waals surface area contributed by atoms with Crippen LogP contribution < -0.4 is 5.32 Å². The number of ketones is 1. The predicted octanol–water partition coefficient (Wildman–Crippen LogP) is 2.00. The van der Waals surface area contributed by atoms with E-state index in [2.05, 4.69) is 10.3 Å². The van der Waals surface area contributed by atoms with Crippen LogP contribution in [0, 0.1) is 5.92 Å². The number of aryl methyl sites for hydroxylation is 1. The molecule has 1 fully saturated rings. The zero-order valence-corrected chi connectivity index (χ0v) is 11.2. The van der Waals surface area contributed by atoms with E-state index in [1.54, 1.807) is 48.3 Å². The zero-order valence-electron chi connectivity index (χ0n) is 11.2. The summed E-state index contributed by atoms with van der Waals surface area (Å²) in [4.78, 5) is 27.9. The highest BCUT2D eigenvalue weighted by molar-refractivity contribution is 6.07. The maximum Gasteiger partial charge on any atom is 0.228 e. The van der Waals surface area contributed by atoms with Gasteiger partial charge in [-0.15, -0.1) is 0 Å². The Morgan fingerprint density at radius 3 is 2.50 bits per heavy atom. The summed E-state index contributed by atoms with van der Waals surface area (Å²) in [5, 5.41) is 2.85. The molecule has 1 aliphatic rings. The quantitative estimate of drug-likeness (QED) is 0.863. The van der Waals surface area contributed by atoms with Crippen molar-refractivity contribution < 1.29 is 9.59 Å². The number of aromatic nitrogens is 2. The molecule has 3 rings (SSSR count). The topological polar surface area (TPSA) is 64.0 Å². The van der Waals surface area contributed by atoms with E-state index >= 15 is 0 Å². The molecule has 1 saturated carbocycles. The lowest BCUT2D eigenvalue weighted by molar-refractivity contribution is -0.117. The largest absolute Gasteiger partial charge is 0.331 e. The molecule has 0 radical (unpaired) electrons. The number of hydrogen-bond donors (Lipinski definition) is 1. The van der Waals surface area contributed by atoms with E-state index in [-0.39, 0.29) is 17.6 Å². The van der Waals surface area contributed by atoms with Crippen molar-refractivity contribution in [2.24, 2.45) is 13.0 Å². The van der Waals surface area contributed by atoms with Crippen molar-refractivity contribution in [3.8, 4) is 0 Å². The number of imidazole rings is 1. The summed E-state index contributed by atoms with van der Waals surface area (Å²) in [6.07, 6.45) is 5.28. The molecule has 0 bridgehead atoms. The van der Waals surface area contributed by atoms with Crippen LogP contribution in [0.4, 0.5) is 5.69 Å². The lowest BCUT2D eigenvalue weighted by Crippen LogP contribution is -2.13. The molecule has 102 valence electrons. The van der Waals surface area contributed by atoms with Gasteiger partial charge in [-0.3, -0.25) is 9.59 Å². The van der Waals surface area contributed by atoms with Crippen molar-refractivity contribution in [1.29, 1.82) is 0 Å². The third-order valence-electron chi connectivity index (χ3n) is 3.39. The highest BCUT2D eigenvalue weighted by Crippen LogP contribution is 2.30. The molecule has 1 aliphatic carbocycles. The third-order valence-corrected chi connectivity index (χ3v) is 3.39. The van der Waals surface area contributed by atoms with Crippen molar-refractivity contribution in [3.05, 3.63) is 48.0 Å². The maximum atomic E-state index is 12.2. The van der Waals surface area contributed by atoms with Crippen molar-refractivity contribution in [3.63, 3.8) is 0 Å². The first-order valence-corrected chi connectivity index (χ1v) is 6.58. The summed E-state index contributed by atoms with van der Waals surface area (Å²) < 4.78 is 1.69. The number of carbonyl (C=O) groups is 2. The Kier molecular flexibility index (Phi) is 3.10. The highest BCUT2D eigenvalue weighted by atomic mass is 16.2. The van der Waals surface area contributed by atoms with Gasteiger partial charge in [0.25, 0.3) is 0 Å². The molecular formula is C15H15N3O2. The predicted molar refractivity (Wildman–Crippen MR) is 74.4 cm³/mol. The summed E-state index contributed by atoms with van der Waals surface area (Å²) >= 11 is 0. The molecular weight excluding hydrogens is 254 g/mol. The Balaban J connectivity index is 1.74. The molecule has 0 atom stereocenters. The molecule has 1 aromatic carbocycles. The molecule has 0 aliphatic heterocycles. The average Bonchev–Trinajstić information content (AvgIpc) is 3.21. The van der Waals surface area contributed by atoms with Crippen LogP contribution in [-0.4, -0.2) is 21.2 Å². The first-order valence-electron chi connectivity index (χ1n) is 6.58. The fraction of sp³-hybridized carbons (Fsp3) is 0.267. The monoisotopic (exact) mass is 269 g/mol. The van der Waals surface area contributed by atoms with Crippen molar-refractivity contribution >= 4 is 17.4 Å². The number of amides is 1. The smallest absolute Gasteiger partial charge is 0.228 e. The standard InChI is InChI=1S/C15H15N3O2/c1-18-9-8-16-14(18)13(19)10-4-6-12(7-5-10)17-15(20)11-2-3-11/h4-9,11H,2-3H2,1H3,(H,17,20). The van der Waals surface area contributed by atoms with Gasteiger partial charge >= 0.3 is 0 Å². The first kappa shape index (κ1) is 12.6. The van der Waals surface area contributed by atoms with Crippen molar-refractivity contribution in [1.82, 2.24) is 9.55 Å². The lowest BCUT2D eigenvalue weighted by Gasteiger charge is -2.05. The van der Waals surface area contributed by atoms with Gasteiger partial charge in [-0.25, -0.2) is 4.98 Å². The Morgan fingerprint density at radius 2 is 1.95 bits per heavy atom. The van der Waals surface area contributed by atoms with Gasteiger partial charge in [-0.2, -0.15) is 0 Å². The molecule has 0 spiro atoms. The molecule has 1 aromatic heterocycles. The van der Waals surface area contributed by atoms with E-state index in [4.69, 9.17) is 0 Å². The molecule has 5 nitrogen and oxygen atoms in total. The van der Waals surface area contributed by atoms with Gasteiger partial charge in [0.2, 0.25) is 11.7 Å². The molecule has 0 saturated heterocycles. The minimum absolute atomic E-state index is 0.0631. The fourth-order valence-electron chi connectivity index (χ4n) is 2.01. The van der Waals surface area contributed by atoms with Gasteiger partial charge in [0.1, 0.15) is 0 Å². The Bertz CT molecular complexity index is 654. The third kappa shape index (κ3) is 2.47. The minimum atomic E-state index is -0.127. The molecule has 2 aromatic rings. The number of anilines is 1. The van der Waals surface area contributed by atoms with Gasteiger partial charge in [-0.1, -0.05) is 0 Å². The summed E-state index contributed by atoms with van der Waals surface area (Å²) in [5.74, 6) is 0.509. The second kappa shape index (κ2) is 4.92. The van der Waals surface area contributed by atoms with Crippen LogP contribution in [0.3, 0.4) is 0 Å². The van der Waals surface area contributed by atoms with Crippen LogP contribution >= 0.6 is 0 Å². The molecule has 1 N–H and O–H groups in total. The second-order valence-corrected chi connectivity index (χ2v) is 5.03. The molecule has 1 amide bonds. The number of hydrogen-bond acceptors (Lipinski definition) is 3. The Hall–Kier alpha value is -2.43. The Morgan fingerprint density at radius 1 is 1.25 bits per heavy atom. The number of carbonyl (C=O) groups excluding carboxylic acids is 2. The summed E-state index contributed by atoms with van der Waals surface area (Å²) in [7, 11) is 1.78. The maximum absolute atomic E-state index is 12.2. The van der Waals surface area contributed by atoms with Crippen LogP contribution in [0.25, 0.3) is 0 Å². The van der Waals surface area contributed by atoms with Crippen LogP contribution in [-0.2, 0) is 11.8 Å².